The van der Waals surface area contributed by atoms with Crippen molar-refractivity contribution in [1.82, 2.24) is 0 Å². The van der Waals surface area contributed by atoms with Crippen LogP contribution in [0, 0.1) is 0 Å². The second kappa shape index (κ2) is 7.58. The van der Waals surface area contributed by atoms with E-state index in [0.717, 1.165) is 38.5 Å². The molecule has 18 heavy (non-hydrogen) atoms. The second-order valence-electron chi connectivity index (χ2n) is 5.44. The van der Waals surface area contributed by atoms with E-state index in [1.807, 2.05) is 6.07 Å². The molecule has 1 N–H and O–H groups in total. The monoisotopic (exact) mass is 248 g/mol. The van der Waals surface area contributed by atoms with Gasteiger partial charge in [-0.05, 0) is 18.4 Å². The Morgan fingerprint density at radius 1 is 1.00 bits per heavy atom. The van der Waals surface area contributed by atoms with Crippen LogP contribution in [0.15, 0.2) is 30.3 Å². The summed E-state index contributed by atoms with van der Waals surface area (Å²) in [6.07, 6.45) is 6.35. The summed E-state index contributed by atoms with van der Waals surface area (Å²) in [6.45, 7) is 6.54. The van der Waals surface area contributed by atoms with Crippen molar-refractivity contribution in [2.45, 2.75) is 70.8 Å². The Kier molecular flexibility index (Phi) is 6.42. The molecule has 1 atom stereocenters. The zero-order chi connectivity index (χ0) is 13.4. The van der Waals surface area contributed by atoms with Crippen LogP contribution < -0.4 is 0 Å². The minimum atomic E-state index is -0.534. The van der Waals surface area contributed by atoms with E-state index in [9.17, 15) is 5.11 Å². The van der Waals surface area contributed by atoms with Gasteiger partial charge in [0.25, 0.3) is 0 Å². The number of hydrogen-bond donors (Lipinski definition) is 1. The molecular weight excluding hydrogens is 220 g/mol. The molecule has 0 saturated heterocycles. The third-order valence-corrected chi connectivity index (χ3v) is 4.03. The van der Waals surface area contributed by atoms with E-state index in [-0.39, 0.29) is 5.92 Å². The molecule has 0 saturated carbocycles. The van der Waals surface area contributed by atoms with Crippen LogP contribution in [0.25, 0.3) is 0 Å². The third kappa shape index (κ3) is 4.13. The Hall–Kier alpha value is -0.820. The molecule has 0 fully saturated rings. The van der Waals surface area contributed by atoms with Crippen LogP contribution in [-0.4, -0.2) is 10.7 Å². The number of benzene rings is 1. The van der Waals surface area contributed by atoms with E-state index in [4.69, 9.17) is 0 Å². The number of aliphatic hydroxyl groups is 1. The van der Waals surface area contributed by atoms with Crippen molar-refractivity contribution >= 4 is 0 Å². The van der Waals surface area contributed by atoms with Crippen LogP contribution >= 0.6 is 0 Å². The second-order valence-corrected chi connectivity index (χ2v) is 5.44. The Morgan fingerprint density at radius 3 is 1.94 bits per heavy atom. The Balaban J connectivity index is 2.80. The molecule has 1 aromatic rings. The number of hydrogen-bond acceptors (Lipinski definition) is 1. The van der Waals surface area contributed by atoms with Gasteiger partial charge in [-0.3, -0.25) is 0 Å². The van der Waals surface area contributed by atoms with Crippen LogP contribution in [0.2, 0.25) is 0 Å². The van der Waals surface area contributed by atoms with E-state index in [0.29, 0.717) is 0 Å². The van der Waals surface area contributed by atoms with Gasteiger partial charge in [-0.25, -0.2) is 0 Å². The standard InChI is InChI=1S/C17H28O/c1-4-6-13-17(18,14-7-5-2)15(3)16-11-9-8-10-12-16/h8-12,15,18H,4-7,13-14H2,1-3H3/t15-/m0/s1. The van der Waals surface area contributed by atoms with Crippen LogP contribution in [0.1, 0.15) is 70.8 Å². The molecule has 1 heteroatoms. The maximum Gasteiger partial charge on any atom is 0.0713 e. The van der Waals surface area contributed by atoms with E-state index in [1.54, 1.807) is 0 Å². The van der Waals surface area contributed by atoms with E-state index in [2.05, 4.69) is 45.0 Å². The van der Waals surface area contributed by atoms with Crippen LogP contribution in [0.3, 0.4) is 0 Å². The molecule has 0 amide bonds. The normalized spacial score (nSPS) is 13.6. The number of rotatable bonds is 8. The highest BCUT2D eigenvalue weighted by Crippen LogP contribution is 2.36. The lowest BCUT2D eigenvalue weighted by atomic mass is 9.77. The molecule has 0 aliphatic heterocycles. The Bertz CT molecular complexity index is 310. The van der Waals surface area contributed by atoms with Gasteiger partial charge in [0.05, 0.1) is 5.60 Å². The fraction of sp³-hybridized carbons (Fsp3) is 0.647. The predicted octanol–water partition coefficient (Wildman–Crippen LogP) is 4.90. The lowest BCUT2D eigenvalue weighted by Gasteiger charge is -2.35. The van der Waals surface area contributed by atoms with Gasteiger partial charge in [0.2, 0.25) is 0 Å². The minimum absolute atomic E-state index is 0.219. The molecular formula is C17H28O. The van der Waals surface area contributed by atoms with Crippen molar-refractivity contribution in [2.24, 2.45) is 0 Å². The zero-order valence-electron chi connectivity index (χ0n) is 12.2. The topological polar surface area (TPSA) is 20.2 Å². The maximum atomic E-state index is 11.0. The maximum absolute atomic E-state index is 11.0. The lowest BCUT2D eigenvalue weighted by molar-refractivity contribution is -0.00344. The fourth-order valence-corrected chi connectivity index (χ4v) is 2.58. The average molecular weight is 248 g/mol. The SMILES string of the molecule is CCCCC(O)(CCCC)[C@@H](C)c1ccccc1. The summed E-state index contributed by atoms with van der Waals surface area (Å²) in [5, 5.41) is 11.0. The van der Waals surface area contributed by atoms with Crippen molar-refractivity contribution in [3.8, 4) is 0 Å². The Labute approximate surface area is 112 Å². The molecule has 0 aromatic heterocycles. The average Bonchev–Trinajstić information content (AvgIpc) is 2.43. The van der Waals surface area contributed by atoms with Crippen molar-refractivity contribution in [1.29, 1.82) is 0 Å². The van der Waals surface area contributed by atoms with Crippen molar-refractivity contribution in [3.05, 3.63) is 35.9 Å². The van der Waals surface area contributed by atoms with E-state index < -0.39 is 5.60 Å². The summed E-state index contributed by atoms with van der Waals surface area (Å²) in [6, 6.07) is 10.4. The molecule has 0 heterocycles. The van der Waals surface area contributed by atoms with Crippen molar-refractivity contribution < 1.29 is 5.11 Å². The van der Waals surface area contributed by atoms with E-state index >= 15 is 0 Å². The molecule has 0 aliphatic carbocycles. The lowest BCUT2D eigenvalue weighted by Crippen LogP contribution is -2.35. The highest BCUT2D eigenvalue weighted by atomic mass is 16.3. The summed E-state index contributed by atoms with van der Waals surface area (Å²) >= 11 is 0. The van der Waals surface area contributed by atoms with Crippen molar-refractivity contribution in [3.63, 3.8) is 0 Å². The quantitative estimate of drug-likeness (QED) is 0.693. The molecule has 0 radical (unpaired) electrons. The van der Waals surface area contributed by atoms with Gasteiger partial charge < -0.3 is 5.11 Å². The van der Waals surface area contributed by atoms with Gasteiger partial charge in [0.15, 0.2) is 0 Å². The first-order chi connectivity index (χ1) is 8.64. The molecule has 0 aliphatic rings. The first-order valence-corrected chi connectivity index (χ1v) is 7.41. The fourth-order valence-electron chi connectivity index (χ4n) is 2.58. The first-order valence-electron chi connectivity index (χ1n) is 7.41. The number of unbranched alkanes of at least 4 members (excludes halogenated alkanes) is 2. The third-order valence-electron chi connectivity index (χ3n) is 4.03. The predicted molar refractivity (Wildman–Crippen MR) is 78.9 cm³/mol. The Morgan fingerprint density at radius 2 is 1.50 bits per heavy atom. The van der Waals surface area contributed by atoms with Crippen molar-refractivity contribution in [2.75, 3.05) is 0 Å². The summed E-state index contributed by atoms with van der Waals surface area (Å²) in [5.74, 6) is 0.219. The molecule has 1 aromatic carbocycles. The molecule has 0 bridgehead atoms. The summed E-state index contributed by atoms with van der Waals surface area (Å²) in [4.78, 5) is 0. The van der Waals surface area contributed by atoms with Gasteiger partial charge in [0, 0.05) is 5.92 Å². The molecule has 1 nitrogen and oxygen atoms in total. The first kappa shape index (κ1) is 15.2. The highest BCUT2D eigenvalue weighted by Gasteiger charge is 2.33. The van der Waals surface area contributed by atoms with Crippen LogP contribution in [0.4, 0.5) is 0 Å². The molecule has 0 spiro atoms. The van der Waals surface area contributed by atoms with Gasteiger partial charge in [0.1, 0.15) is 0 Å². The minimum Gasteiger partial charge on any atom is -0.389 e. The summed E-state index contributed by atoms with van der Waals surface area (Å²) in [7, 11) is 0. The van der Waals surface area contributed by atoms with Gasteiger partial charge in [-0.1, -0.05) is 76.8 Å². The van der Waals surface area contributed by atoms with Gasteiger partial charge in [-0.2, -0.15) is 0 Å². The highest BCUT2D eigenvalue weighted by molar-refractivity contribution is 5.22. The molecule has 0 unspecified atom stereocenters. The van der Waals surface area contributed by atoms with Crippen LogP contribution in [-0.2, 0) is 0 Å². The van der Waals surface area contributed by atoms with E-state index in [1.165, 1.54) is 5.56 Å². The summed E-state index contributed by atoms with van der Waals surface area (Å²) < 4.78 is 0. The van der Waals surface area contributed by atoms with Gasteiger partial charge in [-0.15, -0.1) is 0 Å². The summed E-state index contributed by atoms with van der Waals surface area (Å²) in [5.41, 5.74) is 0.722. The largest absolute Gasteiger partial charge is 0.389 e. The van der Waals surface area contributed by atoms with Crippen LogP contribution in [0.5, 0.6) is 0 Å². The molecule has 102 valence electrons. The van der Waals surface area contributed by atoms with Gasteiger partial charge >= 0.3 is 0 Å². The zero-order valence-corrected chi connectivity index (χ0v) is 12.2. The molecule has 1 rings (SSSR count). The smallest absolute Gasteiger partial charge is 0.0713 e.